The zero-order chi connectivity index (χ0) is 10.1. The predicted octanol–water partition coefficient (Wildman–Crippen LogP) is -2.59. The number of rotatable bonds is 8. The zero-order valence-electron chi connectivity index (χ0n) is 8.29. The molecule has 0 aliphatic heterocycles. The summed E-state index contributed by atoms with van der Waals surface area (Å²) in [6.45, 7) is 8.29. The Morgan fingerprint density at radius 3 is 2.21 bits per heavy atom. The maximum atomic E-state index is 10.2. The first-order valence-electron chi connectivity index (χ1n) is 4.46. The third kappa shape index (κ3) is 9.29. The minimum atomic E-state index is -0.768. The molecule has 0 bridgehead atoms. The molecule has 3 N–H and O–H groups in total. The lowest BCUT2D eigenvalue weighted by atomic mass is 10.0. The van der Waals surface area contributed by atoms with Crippen LogP contribution in [-0.2, 0) is 4.79 Å². The van der Waals surface area contributed by atoms with E-state index in [-0.39, 0.29) is 19.0 Å². The minimum Gasteiger partial charge on any atom is -1.00 e. The van der Waals surface area contributed by atoms with Crippen LogP contribution in [0.4, 0.5) is 0 Å². The van der Waals surface area contributed by atoms with E-state index in [4.69, 9.17) is 5.11 Å². The average molecular weight is 220 g/mol. The lowest BCUT2D eigenvalue weighted by Gasteiger charge is -2.09. The van der Waals surface area contributed by atoms with Crippen LogP contribution in [0.15, 0.2) is 25.3 Å². The Bertz CT molecular complexity index is 173. The fourth-order valence-corrected chi connectivity index (χ4v) is 1.20. The first kappa shape index (κ1) is 15.7. The van der Waals surface area contributed by atoms with E-state index in [0.717, 1.165) is 19.4 Å². The fraction of sp³-hybridized carbons (Fsp3) is 0.500. The van der Waals surface area contributed by atoms with E-state index in [1.165, 1.54) is 0 Å². The largest absolute Gasteiger partial charge is 1.00 e. The number of allylic oxidation sites excluding steroid dienone is 2. The first-order valence-corrected chi connectivity index (χ1v) is 4.46. The third-order valence-electron chi connectivity index (χ3n) is 1.82. The summed E-state index contributed by atoms with van der Waals surface area (Å²) < 4.78 is 0. The number of carboxylic acid groups (broad SMARTS) is 1. The average Bonchev–Trinajstić information content (AvgIpc) is 2.04. The van der Waals surface area contributed by atoms with Gasteiger partial charge in [-0.05, 0) is 12.8 Å². The van der Waals surface area contributed by atoms with Crippen LogP contribution in [0.1, 0.15) is 12.8 Å². The van der Waals surface area contributed by atoms with E-state index < -0.39 is 5.97 Å². The number of carbonyl (C=O) groups is 1. The second kappa shape index (κ2) is 10.3. The standard InChI is InChI=1S/C10H17NO2.ClH/c1-3-5-9(6-4-2)7-11-8-10(12)13;/h3-4,9,11H,1-2,5-8H2,(H,12,13);1H. The van der Waals surface area contributed by atoms with Gasteiger partial charge in [-0.25, -0.2) is 4.79 Å². The quantitative estimate of drug-likeness (QED) is 0.441. The van der Waals surface area contributed by atoms with Crippen LogP contribution in [0.3, 0.4) is 0 Å². The van der Waals surface area contributed by atoms with Crippen molar-refractivity contribution >= 4 is 5.97 Å². The number of hydrogen-bond donors (Lipinski definition) is 2. The lowest BCUT2D eigenvalue weighted by Crippen LogP contribution is -3.00. The molecule has 0 rings (SSSR count). The molecule has 0 spiro atoms. The van der Waals surface area contributed by atoms with E-state index >= 15 is 0 Å². The highest BCUT2D eigenvalue weighted by Gasteiger charge is 2.08. The summed E-state index contributed by atoms with van der Waals surface area (Å²) >= 11 is 0. The van der Waals surface area contributed by atoms with Gasteiger partial charge in [0, 0.05) is 5.92 Å². The minimum absolute atomic E-state index is 0. The Morgan fingerprint density at radius 1 is 1.36 bits per heavy atom. The lowest BCUT2D eigenvalue weighted by molar-refractivity contribution is -0.650. The SMILES string of the molecule is C=CCC(CC=C)C[NH2+]CC(=O)O.[Cl-]. The molecule has 0 aliphatic rings. The van der Waals surface area contributed by atoms with Gasteiger partial charge in [-0.1, -0.05) is 12.2 Å². The number of aliphatic carboxylic acids is 1. The first-order chi connectivity index (χ1) is 6.20. The summed E-state index contributed by atoms with van der Waals surface area (Å²) in [6, 6.07) is 0. The summed E-state index contributed by atoms with van der Waals surface area (Å²) in [6.07, 6.45) is 5.57. The molecule has 0 saturated heterocycles. The van der Waals surface area contributed by atoms with Gasteiger partial charge in [0.05, 0.1) is 6.54 Å². The Hall–Kier alpha value is -0.800. The molecule has 0 atom stereocenters. The predicted molar refractivity (Wildman–Crippen MR) is 52.4 cm³/mol. The van der Waals surface area contributed by atoms with E-state index in [0.29, 0.717) is 5.92 Å². The molecule has 0 aliphatic carbocycles. The van der Waals surface area contributed by atoms with Crippen LogP contribution >= 0.6 is 0 Å². The highest BCUT2D eigenvalue weighted by atomic mass is 35.5. The van der Waals surface area contributed by atoms with E-state index in [9.17, 15) is 4.79 Å². The maximum Gasteiger partial charge on any atom is 0.359 e. The zero-order valence-corrected chi connectivity index (χ0v) is 9.04. The molecule has 0 aromatic rings. The molecule has 0 saturated carbocycles. The van der Waals surface area contributed by atoms with Gasteiger partial charge in [-0.3, -0.25) is 0 Å². The van der Waals surface area contributed by atoms with Gasteiger partial charge >= 0.3 is 5.97 Å². The normalized spacial score (nSPS) is 9.21. The van der Waals surface area contributed by atoms with Crippen molar-refractivity contribution in [3.05, 3.63) is 25.3 Å². The van der Waals surface area contributed by atoms with Crippen LogP contribution in [0.25, 0.3) is 0 Å². The molecule has 82 valence electrons. The summed E-state index contributed by atoms with van der Waals surface area (Å²) in [7, 11) is 0. The van der Waals surface area contributed by atoms with Crippen molar-refractivity contribution in [2.24, 2.45) is 5.92 Å². The number of nitrogens with two attached hydrogens (primary N) is 1. The van der Waals surface area contributed by atoms with E-state index in [1.54, 1.807) is 5.32 Å². The van der Waals surface area contributed by atoms with Gasteiger partial charge in [0.25, 0.3) is 0 Å². The molecule has 0 aromatic carbocycles. The fourth-order valence-electron chi connectivity index (χ4n) is 1.20. The van der Waals surface area contributed by atoms with E-state index in [2.05, 4.69) is 13.2 Å². The van der Waals surface area contributed by atoms with Crippen LogP contribution in [0, 0.1) is 5.92 Å². The van der Waals surface area contributed by atoms with Crippen molar-refractivity contribution in [3.63, 3.8) is 0 Å². The van der Waals surface area contributed by atoms with Gasteiger partial charge in [0.2, 0.25) is 0 Å². The van der Waals surface area contributed by atoms with Crippen LogP contribution in [0.5, 0.6) is 0 Å². The number of hydrogen-bond acceptors (Lipinski definition) is 1. The summed E-state index contributed by atoms with van der Waals surface area (Å²) in [5.74, 6) is -0.301. The Labute approximate surface area is 91.3 Å². The molecule has 0 fully saturated rings. The van der Waals surface area contributed by atoms with Crippen molar-refractivity contribution in [1.82, 2.24) is 0 Å². The molecule has 0 heterocycles. The van der Waals surface area contributed by atoms with Gasteiger partial charge in [0.15, 0.2) is 6.54 Å². The van der Waals surface area contributed by atoms with Crippen molar-refractivity contribution in [1.29, 1.82) is 0 Å². The highest BCUT2D eigenvalue weighted by molar-refractivity contribution is 5.67. The molecular formula is C10H18ClNO2. The van der Waals surface area contributed by atoms with Crippen molar-refractivity contribution in [2.45, 2.75) is 12.8 Å². The van der Waals surface area contributed by atoms with Crippen molar-refractivity contribution < 1.29 is 27.6 Å². The van der Waals surface area contributed by atoms with Gasteiger partial charge in [-0.2, -0.15) is 0 Å². The molecule has 3 nitrogen and oxygen atoms in total. The molecule has 14 heavy (non-hydrogen) atoms. The summed E-state index contributed by atoms with van der Waals surface area (Å²) in [4.78, 5) is 10.2. The Morgan fingerprint density at radius 2 is 1.86 bits per heavy atom. The van der Waals surface area contributed by atoms with E-state index in [1.807, 2.05) is 12.2 Å². The second-order valence-electron chi connectivity index (χ2n) is 3.04. The maximum absolute atomic E-state index is 10.2. The number of quaternary nitrogens is 1. The molecule has 0 unspecified atom stereocenters. The van der Waals surface area contributed by atoms with Gasteiger partial charge in [-0.15, -0.1) is 13.2 Å². The molecule has 0 aromatic heterocycles. The van der Waals surface area contributed by atoms with Crippen LogP contribution < -0.4 is 17.7 Å². The molecule has 0 amide bonds. The van der Waals surface area contributed by atoms with Crippen LogP contribution in [-0.4, -0.2) is 24.2 Å². The molecular weight excluding hydrogens is 202 g/mol. The number of halogens is 1. The second-order valence-corrected chi connectivity index (χ2v) is 3.04. The van der Waals surface area contributed by atoms with Gasteiger partial charge < -0.3 is 22.8 Å². The molecule has 0 radical (unpaired) electrons. The Balaban J connectivity index is 0. The topological polar surface area (TPSA) is 53.9 Å². The Kier molecular flexibility index (Phi) is 11.5. The third-order valence-corrected chi connectivity index (χ3v) is 1.82. The smallest absolute Gasteiger partial charge is 0.359 e. The molecule has 4 heteroatoms. The summed E-state index contributed by atoms with van der Waals surface area (Å²) in [5.41, 5.74) is 0. The highest BCUT2D eigenvalue weighted by Crippen LogP contribution is 2.06. The van der Waals surface area contributed by atoms with Crippen molar-refractivity contribution in [2.75, 3.05) is 13.1 Å². The van der Waals surface area contributed by atoms with Gasteiger partial charge in [0.1, 0.15) is 0 Å². The van der Waals surface area contributed by atoms with Crippen molar-refractivity contribution in [3.8, 4) is 0 Å². The van der Waals surface area contributed by atoms with Crippen LogP contribution in [0.2, 0.25) is 0 Å². The number of carboxylic acids is 1. The summed E-state index contributed by atoms with van der Waals surface area (Å²) in [5, 5.41) is 10.2. The monoisotopic (exact) mass is 219 g/mol.